The fourth-order valence-corrected chi connectivity index (χ4v) is 2.83. The van der Waals surface area contributed by atoms with Crippen molar-refractivity contribution in [3.05, 3.63) is 73.1 Å². The standard InChI is InChI=1S/C21H18FN7O/c1-30-20-16(21-26-10-13(22)11-27-21)3-2-4-17(20)28-15-7-8-24-19(9-15)29-18-6-5-14(23)12-25-18/h2-12H,23H2,1H3,(H2,24,25,28,29). The third kappa shape index (κ3) is 4.25. The molecule has 4 N–H and O–H groups in total. The molecule has 0 amide bonds. The summed E-state index contributed by atoms with van der Waals surface area (Å²) in [7, 11) is 1.56. The van der Waals surface area contributed by atoms with Gasteiger partial charge in [0.2, 0.25) is 0 Å². The Kier molecular flexibility index (Phi) is 5.33. The zero-order valence-electron chi connectivity index (χ0n) is 16.0. The second-order valence-corrected chi connectivity index (χ2v) is 6.27. The van der Waals surface area contributed by atoms with Gasteiger partial charge in [-0.15, -0.1) is 0 Å². The average molecular weight is 403 g/mol. The van der Waals surface area contributed by atoms with E-state index in [4.69, 9.17) is 10.5 Å². The highest BCUT2D eigenvalue weighted by atomic mass is 19.1. The number of para-hydroxylation sites is 1. The van der Waals surface area contributed by atoms with Crippen LogP contribution in [0.5, 0.6) is 5.75 Å². The smallest absolute Gasteiger partial charge is 0.163 e. The van der Waals surface area contributed by atoms with E-state index in [-0.39, 0.29) is 0 Å². The fraction of sp³-hybridized carbons (Fsp3) is 0.0476. The van der Waals surface area contributed by atoms with Gasteiger partial charge in [0.1, 0.15) is 11.6 Å². The Labute approximate surface area is 172 Å². The number of nitrogen functional groups attached to an aromatic ring is 1. The molecule has 0 radical (unpaired) electrons. The minimum atomic E-state index is -0.501. The number of rotatable bonds is 6. The molecule has 9 heteroatoms. The van der Waals surface area contributed by atoms with Crippen LogP contribution in [-0.4, -0.2) is 27.0 Å². The van der Waals surface area contributed by atoms with E-state index < -0.39 is 5.82 Å². The van der Waals surface area contributed by atoms with Crippen LogP contribution in [0.15, 0.2) is 67.3 Å². The van der Waals surface area contributed by atoms with Crippen LogP contribution in [0.3, 0.4) is 0 Å². The summed E-state index contributed by atoms with van der Waals surface area (Å²) in [5.74, 6) is 1.63. The number of hydrogen-bond donors (Lipinski definition) is 3. The van der Waals surface area contributed by atoms with Gasteiger partial charge in [0.05, 0.1) is 42.6 Å². The summed E-state index contributed by atoms with van der Waals surface area (Å²) in [6, 6.07) is 12.7. The minimum Gasteiger partial charge on any atom is -0.494 e. The number of pyridine rings is 2. The van der Waals surface area contributed by atoms with Crippen LogP contribution >= 0.6 is 0 Å². The van der Waals surface area contributed by atoms with E-state index in [0.717, 1.165) is 18.1 Å². The summed E-state index contributed by atoms with van der Waals surface area (Å²) in [6.45, 7) is 0. The molecule has 0 saturated heterocycles. The molecule has 0 atom stereocenters. The number of ether oxygens (including phenoxy) is 1. The molecule has 8 nitrogen and oxygen atoms in total. The van der Waals surface area contributed by atoms with E-state index in [1.165, 1.54) is 0 Å². The van der Waals surface area contributed by atoms with Crippen molar-refractivity contribution in [2.24, 2.45) is 0 Å². The lowest BCUT2D eigenvalue weighted by molar-refractivity contribution is 0.418. The summed E-state index contributed by atoms with van der Waals surface area (Å²) >= 11 is 0. The number of halogens is 1. The van der Waals surface area contributed by atoms with E-state index in [2.05, 4.69) is 30.6 Å². The van der Waals surface area contributed by atoms with Crippen molar-refractivity contribution in [2.75, 3.05) is 23.5 Å². The van der Waals surface area contributed by atoms with Crippen molar-refractivity contribution < 1.29 is 9.13 Å². The van der Waals surface area contributed by atoms with Crippen molar-refractivity contribution in [3.8, 4) is 17.1 Å². The Morgan fingerprint density at radius 3 is 2.47 bits per heavy atom. The number of anilines is 5. The monoisotopic (exact) mass is 403 g/mol. The maximum absolute atomic E-state index is 13.2. The zero-order valence-corrected chi connectivity index (χ0v) is 16.0. The number of nitrogens with zero attached hydrogens (tertiary/aromatic N) is 4. The first-order chi connectivity index (χ1) is 14.6. The topological polar surface area (TPSA) is 111 Å². The highest BCUT2D eigenvalue weighted by molar-refractivity contribution is 5.78. The normalized spacial score (nSPS) is 10.5. The van der Waals surface area contributed by atoms with Crippen molar-refractivity contribution in [1.29, 1.82) is 0 Å². The first-order valence-corrected chi connectivity index (χ1v) is 8.99. The quantitative estimate of drug-likeness (QED) is 0.440. The van der Waals surface area contributed by atoms with Crippen LogP contribution in [0.25, 0.3) is 11.4 Å². The molecule has 3 aromatic heterocycles. The van der Waals surface area contributed by atoms with Gasteiger partial charge in [-0.1, -0.05) is 6.07 Å². The summed E-state index contributed by atoms with van der Waals surface area (Å²) in [6.07, 6.45) is 5.47. The number of aromatic nitrogens is 4. The molecule has 4 aromatic rings. The number of nitrogens with two attached hydrogens (primary N) is 1. The average Bonchev–Trinajstić information content (AvgIpc) is 2.76. The number of nitrogens with one attached hydrogen (secondary N) is 2. The Bertz CT molecular complexity index is 1150. The first-order valence-electron chi connectivity index (χ1n) is 8.99. The van der Waals surface area contributed by atoms with Gasteiger partial charge < -0.3 is 21.1 Å². The molecule has 30 heavy (non-hydrogen) atoms. The van der Waals surface area contributed by atoms with Gasteiger partial charge in [0.25, 0.3) is 0 Å². The number of hydrogen-bond acceptors (Lipinski definition) is 8. The third-order valence-corrected chi connectivity index (χ3v) is 4.16. The van der Waals surface area contributed by atoms with Gasteiger partial charge >= 0.3 is 0 Å². The predicted molar refractivity (Wildman–Crippen MR) is 113 cm³/mol. The van der Waals surface area contributed by atoms with E-state index in [9.17, 15) is 4.39 Å². The lowest BCUT2D eigenvalue weighted by Crippen LogP contribution is -2.00. The minimum absolute atomic E-state index is 0.364. The Balaban J connectivity index is 1.60. The second kappa shape index (κ2) is 8.39. The lowest BCUT2D eigenvalue weighted by atomic mass is 10.1. The van der Waals surface area contributed by atoms with Crippen LogP contribution in [0.1, 0.15) is 0 Å². The van der Waals surface area contributed by atoms with Gasteiger partial charge in [-0.2, -0.15) is 0 Å². The van der Waals surface area contributed by atoms with Gasteiger partial charge in [0.15, 0.2) is 17.4 Å². The molecule has 0 saturated carbocycles. The largest absolute Gasteiger partial charge is 0.494 e. The maximum atomic E-state index is 13.2. The maximum Gasteiger partial charge on any atom is 0.163 e. The predicted octanol–water partition coefficient (Wildman–Crippen LogP) is 4.15. The second-order valence-electron chi connectivity index (χ2n) is 6.27. The Morgan fingerprint density at radius 2 is 1.73 bits per heavy atom. The van der Waals surface area contributed by atoms with Crippen LogP contribution in [-0.2, 0) is 0 Å². The molecule has 0 fully saturated rings. The molecule has 0 aliphatic rings. The van der Waals surface area contributed by atoms with E-state index >= 15 is 0 Å². The first kappa shape index (κ1) is 19.1. The highest BCUT2D eigenvalue weighted by Gasteiger charge is 2.14. The van der Waals surface area contributed by atoms with E-state index in [1.807, 2.05) is 30.3 Å². The molecular formula is C21H18FN7O. The van der Waals surface area contributed by atoms with Crippen molar-refractivity contribution in [2.45, 2.75) is 0 Å². The van der Waals surface area contributed by atoms with Gasteiger partial charge in [0, 0.05) is 18.0 Å². The van der Waals surface area contributed by atoms with Crippen LogP contribution in [0.4, 0.5) is 33.1 Å². The number of benzene rings is 1. The Hall–Kier alpha value is -4.27. The highest BCUT2D eigenvalue weighted by Crippen LogP contribution is 2.36. The van der Waals surface area contributed by atoms with Crippen molar-refractivity contribution >= 4 is 28.7 Å². The molecule has 150 valence electrons. The van der Waals surface area contributed by atoms with E-state index in [0.29, 0.717) is 40.1 Å². The summed E-state index contributed by atoms with van der Waals surface area (Å²) in [5, 5.41) is 6.43. The zero-order chi connectivity index (χ0) is 20.9. The molecule has 0 aliphatic heterocycles. The molecule has 0 spiro atoms. The van der Waals surface area contributed by atoms with Gasteiger partial charge in [-0.25, -0.2) is 24.3 Å². The summed E-state index contributed by atoms with van der Waals surface area (Å²) in [4.78, 5) is 16.6. The molecule has 1 aromatic carbocycles. The van der Waals surface area contributed by atoms with E-state index in [1.54, 1.807) is 31.6 Å². The van der Waals surface area contributed by atoms with Crippen molar-refractivity contribution in [3.63, 3.8) is 0 Å². The van der Waals surface area contributed by atoms with Crippen LogP contribution in [0.2, 0.25) is 0 Å². The lowest BCUT2D eigenvalue weighted by Gasteiger charge is -2.15. The number of methoxy groups -OCH3 is 1. The molecule has 0 aliphatic carbocycles. The SMILES string of the molecule is COc1c(Nc2ccnc(Nc3ccc(N)cn3)c2)cccc1-c1ncc(F)cn1. The molecule has 0 bridgehead atoms. The van der Waals surface area contributed by atoms with Gasteiger partial charge in [-0.05, 0) is 30.3 Å². The van der Waals surface area contributed by atoms with Crippen LogP contribution < -0.4 is 21.1 Å². The molecule has 0 unspecified atom stereocenters. The van der Waals surface area contributed by atoms with Gasteiger partial charge in [-0.3, -0.25) is 0 Å². The fourth-order valence-electron chi connectivity index (χ4n) is 2.83. The van der Waals surface area contributed by atoms with Crippen LogP contribution in [0, 0.1) is 5.82 Å². The molecule has 3 heterocycles. The third-order valence-electron chi connectivity index (χ3n) is 4.16. The summed E-state index contributed by atoms with van der Waals surface area (Å²) < 4.78 is 18.8. The summed E-state index contributed by atoms with van der Waals surface area (Å²) in [5.41, 5.74) is 8.36. The van der Waals surface area contributed by atoms with Crippen molar-refractivity contribution in [1.82, 2.24) is 19.9 Å². The molecule has 4 rings (SSSR count). The molecular weight excluding hydrogens is 385 g/mol. The Morgan fingerprint density at radius 1 is 0.900 bits per heavy atom.